The van der Waals surface area contributed by atoms with Crippen LogP contribution in [0.5, 0.6) is 5.75 Å². The molecule has 2 N–H and O–H groups in total. The SMILES string of the molecule is COc1ccccc1CCC(=O)NC(c1ccccc1)c1ccc2nc[nH]c2c1. The van der Waals surface area contributed by atoms with Gasteiger partial charge < -0.3 is 15.0 Å². The largest absolute Gasteiger partial charge is 0.496 e. The summed E-state index contributed by atoms with van der Waals surface area (Å²) in [4.78, 5) is 20.2. The highest BCUT2D eigenvalue weighted by Gasteiger charge is 2.18. The Morgan fingerprint density at radius 3 is 2.66 bits per heavy atom. The van der Waals surface area contributed by atoms with Crippen LogP contribution in [0.2, 0.25) is 0 Å². The van der Waals surface area contributed by atoms with Gasteiger partial charge in [0.1, 0.15) is 5.75 Å². The van der Waals surface area contributed by atoms with Crippen molar-refractivity contribution in [1.29, 1.82) is 0 Å². The number of H-pyrrole nitrogens is 1. The number of benzene rings is 3. The topological polar surface area (TPSA) is 67.0 Å². The van der Waals surface area contributed by atoms with Crippen LogP contribution in [0.3, 0.4) is 0 Å². The number of fused-ring (bicyclic) bond motifs is 1. The van der Waals surface area contributed by atoms with Crippen molar-refractivity contribution in [2.75, 3.05) is 7.11 Å². The van der Waals surface area contributed by atoms with Gasteiger partial charge in [0.15, 0.2) is 0 Å². The Bertz CT molecular complexity index is 1110. The normalized spacial score (nSPS) is 11.9. The summed E-state index contributed by atoms with van der Waals surface area (Å²) in [6.45, 7) is 0. The van der Waals surface area contributed by atoms with Gasteiger partial charge in [-0.1, -0.05) is 54.6 Å². The quantitative estimate of drug-likeness (QED) is 0.495. The molecule has 0 aliphatic rings. The van der Waals surface area contributed by atoms with Gasteiger partial charge in [0, 0.05) is 6.42 Å². The van der Waals surface area contributed by atoms with Gasteiger partial charge in [-0.3, -0.25) is 4.79 Å². The Kier molecular flexibility index (Phi) is 5.56. The molecule has 5 nitrogen and oxygen atoms in total. The molecular formula is C24H23N3O2. The van der Waals surface area contributed by atoms with Gasteiger partial charge in [0.05, 0.1) is 30.5 Å². The van der Waals surface area contributed by atoms with Crippen LogP contribution in [0, 0.1) is 0 Å². The fourth-order valence-corrected chi connectivity index (χ4v) is 3.53. The molecule has 0 fully saturated rings. The van der Waals surface area contributed by atoms with Crippen molar-refractivity contribution in [3.8, 4) is 5.75 Å². The highest BCUT2D eigenvalue weighted by molar-refractivity contribution is 5.79. The molecule has 146 valence electrons. The number of ether oxygens (including phenoxy) is 1. The fourth-order valence-electron chi connectivity index (χ4n) is 3.53. The third-order valence-electron chi connectivity index (χ3n) is 5.03. The zero-order valence-corrected chi connectivity index (χ0v) is 16.3. The van der Waals surface area contributed by atoms with Crippen LogP contribution in [0.1, 0.15) is 29.2 Å². The van der Waals surface area contributed by atoms with Crippen LogP contribution in [-0.4, -0.2) is 23.0 Å². The number of carbonyl (C=O) groups excluding carboxylic acids is 1. The molecule has 0 aliphatic carbocycles. The first-order chi connectivity index (χ1) is 14.2. The Balaban J connectivity index is 1.54. The molecular weight excluding hydrogens is 362 g/mol. The van der Waals surface area contributed by atoms with E-state index in [1.807, 2.05) is 72.8 Å². The average Bonchev–Trinajstić information content (AvgIpc) is 3.24. The summed E-state index contributed by atoms with van der Waals surface area (Å²) < 4.78 is 5.39. The Morgan fingerprint density at radius 2 is 1.83 bits per heavy atom. The smallest absolute Gasteiger partial charge is 0.221 e. The number of aryl methyl sites for hydroxylation is 1. The standard InChI is InChI=1S/C24H23N3O2/c1-29-22-10-6-5-7-17(22)12-14-23(28)27-24(18-8-3-2-4-9-18)19-11-13-20-21(15-19)26-16-25-20/h2-11,13,15-16,24H,12,14H2,1H3,(H,25,26)(H,27,28). The van der Waals surface area contributed by atoms with E-state index in [0.717, 1.165) is 33.5 Å². The summed E-state index contributed by atoms with van der Waals surface area (Å²) in [6, 6.07) is 23.6. The molecule has 0 aliphatic heterocycles. The lowest BCUT2D eigenvalue weighted by molar-refractivity contribution is -0.121. The van der Waals surface area contributed by atoms with Crippen molar-refractivity contribution in [2.45, 2.75) is 18.9 Å². The summed E-state index contributed by atoms with van der Waals surface area (Å²) >= 11 is 0. The molecule has 3 aromatic carbocycles. The number of aromatic nitrogens is 2. The molecule has 5 heteroatoms. The molecule has 0 saturated heterocycles. The van der Waals surface area contributed by atoms with Crippen LogP contribution in [0.4, 0.5) is 0 Å². The minimum Gasteiger partial charge on any atom is -0.496 e. The number of amides is 1. The van der Waals surface area contributed by atoms with E-state index < -0.39 is 0 Å². The van der Waals surface area contributed by atoms with Gasteiger partial charge >= 0.3 is 0 Å². The molecule has 0 bridgehead atoms. The van der Waals surface area contributed by atoms with Gasteiger partial charge in [-0.25, -0.2) is 4.98 Å². The lowest BCUT2D eigenvalue weighted by atomic mass is 9.97. The van der Waals surface area contributed by atoms with E-state index in [1.165, 1.54) is 0 Å². The summed E-state index contributed by atoms with van der Waals surface area (Å²) in [5.41, 5.74) is 4.94. The Hall–Kier alpha value is -3.60. The van der Waals surface area contributed by atoms with Gasteiger partial charge in [0.25, 0.3) is 0 Å². The zero-order chi connectivity index (χ0) is 20.1. The number of carbonyl (C=O) groups is 1. The van der Waals surface area contributed by atoms with E-state index >= 15 is 0 Å². The van der Waals surface area contributed by atoms with Crippen LogP contribution < -0.4 is 10.1 Å². The highest BCUT2D eigenvalue weighted by atomic mass is 16.5. The van der Waals surface area contributed by atoms with Crippen molar-refractivity contribution < 1.29 is 9.53 Å². The first-order valence-electron chi connectivity index (χ1n) is 9.64. The minimum atomic E-state index is -0.228. The number of imidazole rings is 1. The third-order valence-corrected chi connectivity index (χ3v) is 5.03. The number of rotatable bonds is 7. The van der Waals surface area contributed by atoms with Gasteiger partial charge in [-0.15, -0.1) is 0 Å². The Morgan fingerprint density at radius 1 is 1.03 bits per heavy atom. The van der Waals surface area contributed by atoms with E-state index in [2.05, 4.69) is 15.3 Å². The lowest BCUT2D eigenvalue weighted by Crippen LogP contribution is -2.29. The summed E-state index contributed by atoms with van der Waals surface area (Å²) in [7, 11) is 1.65. The van der Waals surface area contributed by atoms with Crippen molar-refractivity contribution in [3.63, 3.8) is 0 Å². The molecule has 4 aromatic rings. The number of hydrogen-bond donors (Lipinski definition) is 2. The molecule has 1 aromatic heterocycles. The molecule has 0 saturated carbocycles. The Labute approximate surface area is 169 Å². The van der Waals surface area contributed by atoms with E-state index in [-0.39, 0.29) is 11.9 Å². The second-order valence-electron chi connectivity index (χ2n) is 6.90. The maximum atomic E-state index is 12.8. The number of aromatic amines is 1. The average molecular weight is 385 g/mol. The van der Waals surface area contributed by atoms with Crippen LogP contribution >= 0.6 is 0 Å². The van der Waals surface area contributed by atoms with E-state index in [4.69, 9.17) is 4.74 Å². The van der Waals surface area contributed by atoms with Gasteiger partial charge in [-0.2, -0.15) is 0 Å². The van der Waals surface area contributed by atoms with Crippen molar-refractivity contribution in [1.82, 2.24) is 15.3 Å². The third kappa shape index (κ3) is 4.29. The highest BCUT2D eigenvalue weighted by Crippen LogP contribution is 2.25. The van der Waals surface area contributed by atoms with E-state index in [9.17, 15) is 4.79 Å². The molecule has 1 amide bonds. The van der Waals surface area contributed by atoms with E-state index in [1.54, 1.807) is 13.4 Å². The van der Waals surface area contributed by atoms with Crippen LogP contribution in [0.25, 0.3) is 11.0 Å². The predicted molar refractivity (Wildman–Crippen MR) is 114 cm³/mol. The van der Waals surface area contributed by atoms with E-state index in [0.29, 0.717) is 12.8 Å². The van der Waals surface area contributed by atoms with Crippen LogP contribution in [-0.2, 0) is 11.2 Å². The number of para-hydroxylation sites is 1. The van der Waals surface area contributed by atoms with Crippen molar-refractivity contribution in [3.05, 3.63) is 95.8 Å². The second kappa shape index (κ2) is 8.61. The number of methoxy groups -OCH3 is 1. The summed E-state index contributed by atoms with van der Waals surface area (Å²) in [5.74, 6) is 0.805. The van der Waals surface area contributed by atoms with Crippen molar-refractivity contribution in [2.24, 2.45) is 0 Å². The number of hydrogen-bond acceptors (Lipinski definition) is 3. The maximum Gasteiger partial charge on any atom is 0.221 e. The lowest BCUT2D eigenvalue weighted by Gasteiger charge is -2.20. The number of nitrogens with zero attached hydrogens (tertiary/aromatic N) is 1. The molecule has 0 spiro atoms. The van der Waals surface area contributed by atoms with Gasteiger partial charge in [-0.05, 0) is 41.3 Å². The molecule has 1 unspecified atom stereocenters. The molecule has 4 rings (SSSR count). The summed E-state index contributed by atoms with van der Waals surface area (Å²) in [5, 5.41) is 3.20. The maximum absolute atomic E-state index is 12.8. The summed E-state index contributed by atoms with van der Waals surface area (Å²) in [6.07, 6.45) is 2.69. The fraction of sp³-hybridized carbons (Fsp3) is 0.167. The monoisotopic (exact) mass is 385 g/mol. The molecule has 29 heavy (non-hydrogen) atoms. The zero-order valence-electron chi connectivity index (χ0n) is 16.3. The molecule has 1 heterocycles. The predicted octanol–water partition coefficient (Wildman–Crippen LogP) is 4.41. The van der Waals surface area contributed by atoms with Crippen LogP contribution in [0.15, 0.2) is 79.1 Å². The minimum absolute atomic E-state index is 0.00512. The first kappa shape index (κ1) is 18.7. The molecule has 1 atom stereocenters. The second-order valence-corrected chi connectivity index (χ2v) is 6.90. The molecule has 0 radical (unpaired) electrons. The first-order valence-corrected chi connectivity index (χ1v) is 9.64. The van der Waals surface area contributed by atoms with Gasteiger partial charge in [0.2, 0.25) is 5.91 Å². The van der Waals surface area contributed by atoms with Crippen molar-refractivity contribution >= 4 is 16.9 Å². The number of nitrogens with one attached hydrogen (secondary N) is 2.